The molecule has 0 bridgehead atoms. The largest absolute Gasteiger partial charge is 0.347 e. The lowest BCUT2D eigenvalue weighted by Crippen LogP contribution is -2.25. The monoisotopic (exact) mass is 291 g/mol. The molecule has 0 unspecified atom stereocenters. The van der Waals surface area contributed by atoms with E-state index in [4.69, 9.17) is 5.73 Å². The van der Waals surface area contributed by atoms with Crippen LogP contribution in [0.25, 0.3) is 5.69 Å². The molecule has 8 heteroatoms. The number of hydrogen-bond acceptors (Lipinski definition) is 5. The number of aromatic amines is 1. The summed E-state index contributed by atoms with van der Waals surface area (Å²) in [4.78, 5) is 22.1. The van der Waals surface area contributed by atoms with E-state index in [1.54, 1.807) is 0 Å². The van der Waals surface area contributed by atoms with E-state index in [0.717, 1.165) is 6.42 Å². The zero-order chi connectivity index (χ0) is 15.6. The minimum atomic E-state index is -0.492. The number of non-ortho nitro benzene ring substituents is 1. The summed E-state index contributed by atoms with van der Waals surface area (Å²) in [5.41, 5.74) is 6.16. The van der Waals surface area contributed by atoms with E-state index >= 15 is 0 Å². The van der Waals surface area contributed by atoms with Crippen LogP contribution < -0.4 is 11.4 Å². The summed E-state index contributed by atoms with van der Waals surface area (Å²) < 4.78 is 1.35. The van der Waals surface area contributed by atoms with Crippen LogP contribution >= 0.6 is 0 Å². The quantitative estimate of drug-likeness (QED) is 0.639. The van der Waals surface area contributed by atoms with Gasteiger partial charge in [-0.15, -0.1) is 0 Å². The van der Waals surface area contributed by atoms with Crippen LogP contribution in [0.1, 0.15) is 32.1 Å². The number of nitro groups is 1. The molecular formula is C13H17N5O3. The predicted octanol–water partition coefficient (Wildman–Crippen LogP) is 1.51. The predicted molar refractivity (Wildman–Crippen MR) is 77.2 cm³/mol. The molecule has 112 valence electrons. The SMILES string of the molecule is CC[C@H](C)[C@H](N)c1n[nH]c(=O)n1-c1ccc([N+](=O)[O-])cc1. The van der Waals surface area contributed by atoms with Crippen molar-refractivity contribution in [3.05, 3.63) is 50.7 Å². The van der Waals surface area contributed by atoms with Gasteiger partial charge in [0.1, 0.15) is 0 Å². The number of H-pyrrole nitrogens is 1. The van der Waals surface area contributed by atoms with Crippen LogP contribution in [0.2, 0.25) is 0 Å². The smallest absolute Gasteiger partial charge is 0.321 e. The summed E-state index contributed by atoms with van der Waals surface area (Å²) in [6.45, 7) is 3.98. The maximum absolute atomic E-state index is 11.9. The number of nitrogens with one attached hydrogen (secondary N) is 1. The fraction of sp³-hybridized carbons (Fsp3) is 0.385. The third-order valence-corrected chi connectivity index (χ3v) is 3.57. The number of aromatic nitrogens is 3. The Labute approximate surface area is 120 Å². The third kappa shape index (κ3) is 2.84. The summed E-state index contributed by atoms with van der Waals surface area (Å²) in [6.07, 6.45) is 0.850. The van der Waals surface area contributed by atoms with Crippen LogP contribution in [0.15, 0.2) is 29.1 Å². The molecule has 0 saturated heterocycles. The van der Waals surface area contributed by atoms with Gasteiger partial charge in [-0.25, -0.2) is 14.5 Å². The minimum Gasteiger partial charge on any atom is -0.321 e. The van der Waals surface area contributed by atoms with Crippen molar-refractivity contribution in [2.45, 2.75) is 26.3 Å². The normalized spacial score (nSPS) is 13.9. The van der Waals surface area contributed by atoms with E-state index in [2.05, 4.69) is 10.2 Å². The van der Waals surface area contributed by atoms with Crippen molar-refractivity contribution in [3.63, 3.8) is 0 Å². The number of hydrogen-bond donors (Lipinski definition) is 2. The van der Waals surface area contributed by atoms with Crippen LogP contribution in [0.5, 0.6) is 0 Å². The van der Waals surface area contributed by atoms with E-state index in [-0.39, 0.29) is 11.6 Å². The van der Waals surface area contributed by atoms with Crippen molar-refractivity contribution in [2.75, 3.05) is 0 Å². The van der Waals surface area contributed by atoms with Gasteiger partial charge in [0, 0.05) is 12.1 Å². The molecule has 3 N–H and O–H groups in total. The van der Waals surface area contributed by atoms with E-state index in [1.807, 2.05) is 13.8 Å². The molecule has 0 spiro atoms. The van der Waals surface area contributed by atoms with Crippen molar-refractivity contribution in [1.82, 2.24) is 14.8 Å². The molecule has 21 heavy (non-hydrogen) atoms. The van der Waals surface area contributed by atoms with Gasteiger partial charge >= 0.3 is 5.69 Å². The zero-order valence-electron chi connectivity index (χ0n) is 11.8. The molecule has 0 aliphatic heterocycles. The number of rotatable bonds is 5. The second-order valence-corrected chi connectivity index (χ2v) is 4.91. The second-order valence-electron chi connectivity index (χ2n) is 4.91. The van der Waals surface area contributed by atoms with Crippen LogP contribution in [0, 0.1) is 16.0 Å². The maximum atomic E-state index is 11.9. The Morgan fingerprint density at radius 3 is 2.57 bits per heavy atom. The molecule has 0 saturated carbocycles. The third-order valence-electron chi connectivity index (χ3n) is 3.57. The van der Waals surface area contributed by atoms with E-state index < -0.39 is 16.7 Å². The average molecular weight is 291 g/mol. The van der Waals surface area contributed by atoms with Crippen molar-refractivity contribution >= 4 is 5.69 Å². The molecule has 1 aromatic carbocycles. The molecular weight excluding hydrogens is 274 g/mol. The molecule has 0 aliphatic carbocycles. The molecule has 0 radical (unpaired) electrons. The molecule has 2 aromatic rings. The van der Waals surface area contributed by atoms with E-state index in [9.17, 15) is 14.9 Å². The lowest BCUT2D eigenvalue weighted by atomic mass is 9.99. The molecule has 2 rings (SSSR count). The van der Waals surface area contributed by atoms with Gasteiger partial charge in [-0.2, -0.15) is 5.10 Å². The fourth-order valence-corrected chi connectivity index (χ4v) is 2.01. The van der Waals surface area contributed by atoms with Crippen molar-refractivity contribution in [3.8, 4) is 5.69 Å². The molecule has 1 aromatic heterocycles. The number of benzene rings is 1. The van der Waals surface area contributed by atoms with Crippen LogP contribution in [0.3, 0.4) is 0 Å². The highest BCUT2D eigenvalue weighted by Crippen LogP contribution is 2.22. The number of nitro benzene ring substituents is 1. The van der Waals surface area contributed by atoms with E-state index in [1.165, 1.54) is 28.8 Å². The Bertz CT molecular complexity index is 689. The molecule has 0 fully saturated rings. The highest BCUT2D eigenvalue weighted by molar-refractivity contribution is 5.41. The topological polar surface area (TPSA) is 120 Å². The lowest BCUT2D eigenvalue weighted by Gasteiger charge is -2.18. The Kier molecular flexibility index (Phi) is 4.18. The average Bonchev–Trinajstić information content (AvgIpc) is 2.87. The first-order valence-corrected chi connectivity index (χ1v) is 6.63. The Balaban J connectivity index is 2.46. The summed E-state index contributed by atoms with van der Waals surface area (Å²) in [5, 5.41) is 17.0. The first-order valence-electron chi connectivity index (χ1n) is 6.63. The summed E-state index contributed by atoms with van der Waals surface area (Å²) >= 11 is 0. The number of nitrogens with zero attached hydrogens (tertiary/aromatic N) is 3. The number of nitrogens with two attached hydrogens (primary N) is 1. The minimum absolute atomic E-state index is 0.0388. The van der Waals surface area contributed by atoms with E-state index in [0.29, 0.717) is 11.5 Å². The first kappa shape index (κ1) is 14.9. The van der Waals surface area contributed by atoms with Crippen molar-refractivity contribution in [2.24, 2.45) is 11.7 Å². The molecule has 1 heterocycles. The summed E-state index contributed by atoms with van der Waals surface area (Å²) in [7, 11) is 0. The fourth-order valence-electron chi connectivity index (χ4n) is 2.01. The Morgan fingerprint density at radius 2 is 2.05 bits per heavy atom. The summed E-state index contributed by atoms with van der Waals surface area (Å²) in [5.74, 6) is 0.570. The van der Waals surface area contributed by atoms with Gasteiger partial charge in [0.25, 0.3) is 5.69 Å². The van der Waals surface area contributed by atoms with Gasteiger partial charge in [-0.05, 0) is 18.1 Å². The van der Waals surface area contributed by atoms with Gasteiger partial charge in [-0.3, -0.25) is 10.1 Å². The molecule has 0 amide bonds. The Hall–Kier alpha value is -2.48. The van der Waals surface area contributed by atoms with Gasteiger partial charge < -0.3 is 5.73 Å². The van der Waals surface area contributed by atoms with Gasteiger partial charge in [0.2, 0.25) is 0 Å². The maximum Gasteiger partial charge on any atom is 0.347 e. The van der Waals surface area contributed by atoms with Gasteiger partial charge in [0.15, 0.2) is 5.82 Å². The highest BCUT2D eigenvalue weighted by Gasteiger charge is 2.21. The van der Waals surface area contributed by atoms with Crippen LogP contribution in [-0.2, 0) is 0 Å². The van der Waals surface area contributed by atoms with Crippen LogP contribution in [0.4, 0.5) is 5.69 Å². The molecule has 2 atom stereocenters. The Morgan fingerprint density at radius 1 is 1.43 bits per heavy atom. The summed E-state index contributed by atoms with van der Waals surface area (Å²) in [6, 6.07) is 5.29. The van der Waals surface area contributed by atoms with Gasteiger partial charge in [-0.1, -0.05) is 20.3 Å². The standard InChI is InChI=1S/C13H17N5O3/c1-3-8(2)11(14)12-15-16-13(19)17(12)9-4-6-10(7-5-9)18(20)21/h4-8,11H,3,14H2,1-2H3,(H,16,19)/t8-,11-/m0/s1. The molecule has 8 nitrogen and oxygen atoms in total. The zero-order valence-corrected chi connectivity index (χ0v) is 11.8. The lowest BCUT2D eigenvalue weighted by molar-refractivity contribution is -0.384. The van der Waals surface area contributed by atoms with Gasteiger partial charge in [0.05, 0.1) is 16.7 Å². The van der Waals surface area contributed by atoms with Crippen LogP contribution in [-0.4, -0.2) is 19.7 Å². The second kappa shape index (κ2) is 5.88. The van der Waals surface area contributed by atoms with Crippen molar-refractivity contribution in [1.29, 1.82) is 0 Å². The first-order chi connectivity index (χ1) is 9.95. The van der Waals surface area contributed by atoms with Crippen molar-refractivity contribution < 1.29 is 4.92 Å². The highest BCUT2D eigenvalue weighted by atomic mass is 16.6. The molecule has 0 aliphatic rings.